The van der Waals surface area contributed by atoms with E-state index in [2.05, 4.69) is 10.2 Å². The number of nitrogens with one attached hydrogen (secondary N) is 1. The number of nitrogens with two attached hydrogens (primary N) is 1. The van der Waals surface area contributed by atoms with Crippen LogP contribution in [-0.4, -0.2) is 54.0 Å². The molecule has 0 aromatic carbocycles. The minimum atomic E-state index is -0.516. The van der Waals surface area contributed by atoms with E-state index in [1.54, 1.807) is 0 Å². The molecular weight excluding hydrogens is 210 g/mol. The molecule has 2 aliphatic rings. The lowest BCUT2D eigenvalue weighted by atomic mass is 10.3. The zero-order chi connectivity index (χ0) is 10.7. The topological polar surface area (TPSA) is 58.4 Å². The maximum absolute atomic E-state index is 11.5. The smallest absolute Gasteiger partial charge is 0.240 e. The molecule has 86 valence electrons. The van der Waals surface area contributed by atoms with Gasteiger partial charge in [0.15, 0.2) is 0 Å². The molecule has 0 radical (unpaired) electrons. The first-order valence-electron chi connectivity index (χ1n) is 5.58. The molecule has 1 amide bonds. The molecule has 0 aromatic rings. The third-order valence-corrected chi connectivity index (χ3v) is 4.00. The molecule has 2 fully saturated rings. The average molecular weight is 229 g/mol. The Kier molecular flexibility index (Phi) is 3.53. The summed E-state index contributed by atoms with van der Waals surface area (Å²) in [5, 5.41) is 2.92. The van der Waals surface area contributed by atoms with Gasteiger partial charge in [0.1, 0.15) is 0 Å². The first-order chi connectivity index (χ1) is 7.21. The molecule has 3 N–H and O–H groups in total. The standard InChI is InChI=1S/C10H19N3OS/c11-10(1-2-10)9(14)12-3-4-13-5-7-15-8-6-13/h1-8,11H2,(H,12,14). The largest absolute Gasteiger partial charge is 0.353 e. The van der Waals surface area contributed by atoms with Crippen LogP contribution in [0, 0.1) is 0 Å². The second-order valence-corrected chi connectivity index (χ2v) is 5.59. The van der Waals surface area contributed by atoms with Crippen LogP contribution >= 0.6 is 11.8 Å². The summed E-state index contributed by atoms with van der Waals surface area (Å²) in [5.41, 5.74) is 5.26. The number of nitrogens with zero attached hydrogens (tertiary/aromatic N) is 1. The van der Waals surface area contributed by atoms with Gasteiger partial charge in [-0.3, -0.25) is 9.69 Å². The van der Waals surface area contributed by atoms with Crippen LogP contribution in [0.2, 0.25) is 0 Å². The normalized spacial score (nSPS) is 24.9. The number of carbonyl (C=O) groups excluding carboxylic acids is 1. The average Bonchev–Trinajstić information content (AvgIpc) is 2.99. The summed E-state index contributed by atoms with van der Waals surface area (Å²) in [6.07, 6.45) is 1.69. The molecule has 1 heterocycles. The molecule has 0 aromatic heterocycles. The number of hydrogen-bond acceptors (Lipinski definition) is 4. The van der Waals surface area contributed by atoms with Crippen LogP contribution in [0.3, 0.4) is 0 Å². The Balaban J connectivity index is 1.59. The molecule has 1 aliphatic carbocycles. The van der Waals surface area contributed by atoms with Crippen molar-refractivity contribution in [1.29, 1.82) is 0 Å². The second kappa shape index (κ2) is 4.72. The predicted molar refractivity (Wildman–Crippen MR) is 62.9 cm³/mol. The van der Waals surface area contributed by atoms with E-state index < -0.39 is 5.54 Å². The third-order valence-electron chi connectivity index (χ3n) is 3.06. The van der Waals surface area contributed by atoms with Crippen molar-refractivity contribution >= 4 is 17.7 Å². The van der Waals surface area contributed by atoms with Crippen molar-refractivity contribution in [3.63, 3.8) is 0 Å². The molecular formula is C10H19N3OS. The highest BCUT2D eigenvalue weighted by Gasteiger charge is 2.45. The van der Waals surface area contributed by atoms with Gasteiger partial charge in [0.25, 0.3) is 0 Å². The predicted octanol–water partition coefficient (Wildman–Crippen LogP) is -0.357. The Hall–Kier alpha value is -0.260. The quantitative estimate of drug-likeness (QED) is 0.691. The SMILES string of the molecule is NC1(C(=O)NCCN2CCSCC2)CC1. The van der Waals surface area contributed by atoms with E-state index in [0.29, 0.717) is 0 Å². The van der Waals surface area contributed by atoms with Crippen molar-refractivity contribution in [2.45, 2.75) is 18.4 Å². The van der Waals surface area contributed by atoms with Gasteiger partial charge in [-0.15, -0.1) is 0 Å². The van der Waals surface area contributed by atoms with E-state index in [0.717, 1.165) is 39.0 Å². The van der Waals surface area contributed by atoms with Crippen LogP contribution < -0.4 is 11.1 Å². The summed E-state index contributed by atoms with van der Waals surface area (Å²) >= 11 is 2.00. The fourth-order valence-electron chi connectivity index (χ4n) is 1.69. The van der Waals surface area contributed by atoms with Crippen molar-refractivity contribution in [2.75, 3.05) is 37.7 Å². The zero-order valence-electron chi connectivity index (χ0n) is 9.00. The minimum Gasteiger partial charge on any atom is -0.353 e. The van der Waals surface area contributed by atoms with Gasteiger partial charge >= 0.3 is 0 Å². The monoisotopic (exact) mass is 229 g/mol. The lowest BCUT2D eigenvalue weighted by molar-refractivity contribution is -0.123. The third kappa shape index (κ3) is 3.09. The van der Waals surface area contributed by atoms with E-state index in [1.807, 2.05) is 11.8 Å². The van der Waals surface area contributed by atoms with Crippen LogP contribution in [0.4, 0.5) is 0 Å². The summed E-state index contributed by atoms with van der Waals surface area (Å²) in [4.78, 5) is 13.9. The molecule has 4 nitrogen and oxygen atoms in total. The van der Waals surface area contributed by atoms with Crippen molar-refractivity contribution in [1.82, 2.24) is 10.2 Å². The maximum atomic E-state index is 11.5. The summed E-state index contributed by atoms with van der Waals surface area (Å²) in [7, 11) is 0. The van der Waals surface area contributed by atoms with Crippen LogP contribution in [0.5, 0.6) is 0 Å². The molecule has 1 saturated heterocycles. The lowest BCUT2D eigenvalue weighted by Crippen LogP contribution is -2.46. The van der Waals surface area contributed by atoms with Gasteiger partial charge in [0, 0.05) is 37.7 Å². The number of amides is 1. The van der Waals surface area contributed by atoms with E-state index >= 15 is 0 Å². The Morgan fingerprint density at radius 2 is 2.07 bits per heavy atom. The van der Waals surface area contributed by atoms with Crippen LogP contribution in [0.1, 0.15) is 12.8 Å². The van der Waals surface area contributed by atoms with Crippen molar-refractivity contribution in [3.8, 4) is 0 Å². The van der Waals surface area contributed by atoms with Crippen LogP contribution in [-0.2, 0) is 4.79 Å². The minimum absolute atomic E-state index is 0.0360. The number of rotatable bonds is 4. The highest BCUT2D eigenvalue weighted by Crippen LogP contribution is 2.31. The zero-order valence-corrected chi connectivity index (χ0v) is 9.81. The molecule has 0 unspecified atom stereocenters. The number of hydrogen-bond donors (Lipinski definition) is 2. The summed E-state index contributed by atoms with van der Waals surface area (Å²) in [6.45, 7) is 3.99. The highest BCUT2D eigenvalue weighted by atomic mass is 32.2. The molecule has 1 aliphatic heterocycles. The molecule has 0 bridgehead atoms. The second-order valence-electron chi connectivity index (χ2n) is 4.37. The summed E-state index contributed by atoms with van der Waals surface area (Å²) in [5.74, 6) is 2.47. The molecule has 1 saturated carbocycles. The van der Waals surface area contributed by atoms with Gasteiger partial charge in [-0.1, -0.05) is 0 Å². The van der Waals surface area contributed by atoms with Gasteiger partial charge in [0.2, 0.25) is 5.91 Å². The fourth-order valence-corrected chi connectivity index (χ4v) is 2.67. The Morgan fingerprint density at radius 1 is 1.40 bits per heavy atom. The Morgan fingerprint density at radius 3 is 2.67 bits per heavy atom. The van der Waals surface area contributed by atoms with Crippen molar-refractivity contribution < 1.29 is 4.79 Å². The van der Waals surface area contributed by atoms with Gasteiger partial charge in [-0.2, -0.15) is 11.8 Å². The molecule has 0 atom stereocenters. The maximum Gasteiger partial charge on any atom is 0.240 e. The van der Waals surface area contributed by atoms with E-state index in [9.17, 15) is 4.79 Å². The molecule has 2 rings (SSSR count). The Bertz CT molecular complexity index is 237. The van der Waals surface area contributed by atoms with E-state index in [4.69, 9.17) is 5.73 Å². The van der Waals surface area contributed by atoms with Gasteiger partial charge in [0.05, 0.1) is 5.54 Å². The van der Waals surface area contributed by atoms with E-state index in [1.165, 1.54) is 11.5 Å². The van der Waals surface area contributed by atoms with Crippen LogP contribution in [0.15, 0.2) is 0 Å². The molecule has 15 heavy (non-hydrogen) atoms. The highest BCUT2D eigenvalue weighted by molar-refractivity contribution is 7.99. The fraction of sp³-hybridized carbons (Fsp3) is 0.900. The number of carbonyl (C=O) groups is 1. The van der Waals surface area contributed by atoms with Crippen molar-refractivity contribution in [2.24, 2.45) is 5.73 Å². The van der Waals surface area contributed by atoms with Gasteiger partial charge in [-0.05, 0) is 12.8 Å². The number of thioether (sulfide) groups is 1. The molecule has 5 heteroatoms. The Labute approximate surface area is 94.9 Å². The van der Waals surface area contributed by atoms with E-state index in [-0.39, 0.29) is 5.91 Å². The molecule has 0 spiro atoms. The van der Waals surface area contributed by atoms with Gasteiger partial charge in [-0.25, -0.2) is 0 Å². The summed E-state index contributed by atoms with van der Waals surface area (Å²) in [6, 6.07) is 0. The summed E-state index contributed by atoms with van der Waals surface area (Å²) < 4.78 is 0. The lowest BCUT2D eigenvalue weighted by Gasteiger charge is -2.26. The van der Waals surface area contributed by atoms with Crippen molar-refractivity contribution in [3.05, 3.63) is 0 Å². The first-order valence-corrected chi connectivity index (χ1v) is 6.73. The van der Waals surface area contributed by atoms with Gasteiger partial charge < -0.3 is 11.1 Å². The first kappa shape index (κ1) is 11.2. The van der Waals surface area contributed by atoms with Crippen LogP contribution in [0.25, 0.3) is 0 Å².